The van der Waals surface area contributed by atoms with Gasteiger partial charge in [-0.05, 0) is 36.5 Å². The zero-order valence-electron chi connectivity index (χ0n) is 11.1. The Balaban J connectivity index is 2.35. The third kappa shape index (κ3) is 6.20. The van der Waals surface area contributed by atoms with Gasteiger partial charge in [0.25, 0.3) is 0 Å². The van der Waals surface area contributed by atoms with Crippen LogP contribution >= 0.6 is 15.9 Å². The minimum absolute atomic E-state index is 0.0713. The maximum absolute atomic E-state index is 11.8. The highest BCUT2D eigenvalue weighted by molar-refractivity contribution is 9.09. The number of hydrogen-bond acceptors (Lipinski definition) is 2. The van der Waals surface area contributed by atoms with Gasteiger partial charge in [0.05, 0.1) is 5.75 Å². The van der Waals surface area contributed by atoms with E-state index in [1.165, 1.54) is 0 Å². The molecule has 102 valence electrons. The molecule has 1 N–H and O–H groups in total. The summed E-state index contributed by atoms with van der Waals surface area (Å²) < 4.78 is 26.4. The molecule has 17 heavy (non-hydrogen) atoms. The lowest BCUT2D eigenvalue weighted by atomic mass is 9.94. The summed E-state index contributed by atoms with van der Waals surface area (Å²) in [7, 11) is -3.09. The Morgan fingerprint density at radius 2 is 1.88 bits per heavy atom. The van der Waals surface area contributed by atoms with E-state index in [1.807, 2.05) is 0 Å². The number of nitrogens with one attached hydrogen (secondary N) is 1. The molecular weight excluding hydrogens is 302 g/mol. The molecule has 0 heterocycles. The molecule has 0 aromatic rings. The van der Waals surface area contributed by atoms with Gasteiger partial charge in [0.1, 0.15) is 0 Å². The number of sulfonamides is 1. The number of alkyl halides is 1. The predicted molar refractivity (Wildman–Crippen MR) is 75.9 cm³/mol. The first-order valence-corrected chi connectivity index (χ1v) is 8.99. The predicted octanol–water partition coefficient (Wildman–Crippen LogP) is 2.91. The summed E-state index contributed by atoms with van der Waals surface area (Å²) in [6.45, 7) is 6.81. The minimum atomic E-state index is -3.09. The van der Waals surface area contributed by atoms with E-state index in [0.717, 1.165) is 24.6 Å². The van der Waals surface area contributed by atoms with Crippen molar-refractivity contribution in [2.75, 3.05) is 17.6 Å². The average Bonchev–Trinajstić information content (AvgIpc) is 2.93. The first-order valence-electron chi connectivity index (χ1n) is 6.21. The van der Waals surface area contributed by atoms with E-state index >= 15 is 0 Å². The van der Waals surface area contributed by atoms with Crippen LogP contribution in [0.15, 0.2) is 0 Å². The van der Waals surface area contributed by atoms with Crippen molar-refractivity contribution in [1.29, 1.82) is 0 Å². The van der Waals surface area contributed by atoms with Crippen molar-refractivity contribution in [3.63, 3.8) is 0 Å². The number of rotatable bonds is 7. The third-order valence-electron chi connectivity index (χ3n) is 3.37. The SMILES string of the molecule is CC(C)(C)CCS(=O)(=O)NCC1(CCBr)CC1. The molecule has 5 heteroatoms. The first-order chi connectivity index (χ1) is 7.68. The van der Waals surface area contributed by atoms with Crippen LogP contribution in [0, 0.1) is 10.8 Å². The smallest absolute Gasteiger partial charge is 0.211 e. The highest BCUT2D eigenvalue weighted by atomic mass is 79.9. The standard InChI is InChI=1S/C12H24BrNO2S/c1-11(2,3)7-9-17(15,16)14-10-12(4-5-12)6-8-13/h14H,4-10H2,1-3H3. The molecular formula is C12H24BrNO2S. The summed E-state index contributed by atoms with van der Waals surface area (Å²) in [6.07, 6.45) is 4.07. The van der Waals surface area contributed by atoms with Crippen molar-refractivity contribution in [1.82, 2.24) is 4.72 Å². The van der Waals surface area contributed by atoms with Gasteiger partial charge < -0.3 is 0 Å². The molecule has 0 saturated heterocycles. The van der Waals surface area contributed by atoms with Crippen LogP contribution < -0.4 is 4.72 Å². The van der Waals surface area contributed by atoms with E-state index in [0.29, 0.717) is 13.0 Å². The summed E-state index contributed by atoms with van der Waals surface area (Å²) in [5.41, 5.74) is 0.320. The molecule has 1 rings (SSSR count). The van der Waals surface area contributed by atoms with E-state index in [1.54, 1.807) is 0 Å². The van der Waals surface area contributed by atoms with E-state index in [2.05, 4.69) is 41.4 Å². The Morgan fingerprint density at radius 3 is 2.29 bits per heavy atom. The van der Waals surface area contributed by atoms with Crippen LogP contribution in [0.5, 0.6) is 0 Å². The van der Waals surface area contributed by atoms with Gasteiger partial charge >= 0.3 is 0 Å². The average molecular weight is 326 g/mol. The molecule has 1 fully saturated rings. The van der Waals surface area contributed by atoms with Gasteiger partial charge in [-0.3, -0.25) is 0 Å². The van der Waals surface area contributed by atoms with Crippen LogP contribution in [0.4, 0.5) is 0 Å². The zero-order chi connectivity index (χ0) is 13.2. The van der Waals surface area contributed by atoms with Crippen molar-refractivity contribution in [2.45, 2.75) is 46.5 Å². The van der Waals surface area contributed by atoms with Gasteiger partial charge in [-0.25, -0.2) is 13.1 Å². The van der Waals surface area contributed by atoms with Crippen LogP contribution in [0.25, 0.3) is 0 Å². The second-order valence-electron chi connectivity index (χ2n) is 6.39. The van der Waals surface area contributed by atoms with Crippen LogP contribution in [-0.2, 0) is 10.0 Å². The summed E-state index contributed by atoms with van der Waals surface area (Å²) in [4.78, 5) is 0. The topological polar surface area (TPSA) is 46.2 Å². The number of hydrogen-bond donors (Lipinski definition) is 1. The Hall–Kier alpha value is 0.390. The van der Waals surface area contributed by atoms with Crippen molar-refractivity contribution >= 4 is 26.0 Å². The maximum atomic E-state index is 11.8. The van der Waals surface area contributed by atoms with Crippen LogP contribution in [0.2, 0.25) is 0 Å². The van der Waals surface area contributed by atoms with Crippen molar-refractivity contribution < 1.29 is 8.42 Å². The molecule has 0 aliphatic heterocycles. The van der Waals surface area contributed by atoms with E-state index in [9.17, 15) is 8.42 Å². The summed E-state index contributed by atoms with van der Waals surface area (Å²) >= 11 is 3.43. The highest BCUT2D eigenvalue weighted by Crippen LogP contribution is 2.48. The minimum Gasteiger partial charge on any atom is -0.215 e. The zero-order valence-corrected chi connectivity index (χ0v) is 13.5. The van der Waals surface area contributed by atoms with Gasteiger partial charge in [-0.15, -0.1) is 0 Å². The quantitative estimate of drug-likeness (QED) is 0.731. The van der Waals surface area contributed by atoms with Crippen molar-refractivity contribution in [3.8, 4) is 0 Å². The Bertz CT molecular complexity index is 342. The molecule has 0 amide bonds. The molecule has 0 unspecified atom stereocenters. The molecule has 1 aliphatic rings. The van der Waals surface area contributed by atoms with E-state index in [4.69, 9.17) is 0 Å². The normalized spacial score (nSPS) is 19.3. The largest absolute Gasteiger partial charge is 0.215 e. The van der Waals surface area contributed by atoms with Crippen LogP contribution in [0.3, 0.4) is 0 Å². The molecule has 1 aliphatic carbocycles. The number of halogens is 1. The van der Waals surface area contributed by atoms with Crippen LogP contribution in [0.1, 0.15) is 46.5 Å². The van der Waals surface area contributed by atoms with Gasteiger partial charge in [-0.2, -0.15) is 0 Å². The van der Waals surface area contributed by atoms with Gasteiger partial charge in [0.15, 0.2) is 0 Å². The Kier molecular flexibility index (Phi) is 5.07. The fourth-order valence-electron chi connectivity index (χ4n) is 1.67. The fraction of sp³-hybridized carbons (Fsp3) is 1.00. The van der Waals surface area contributed by atoms with Gasteiger partial charge in [0.2, 0.25) is 10.0 Å². The lowest BCUT2D eigenvalue weighted by molar-refractivity contribution is 0.395. The highest BCUT2D eigenvalue weighted by Gasteiger charge is 2.42. The second kappa shape index (κ2) is 5.57. The lowest BCUT2D eigenvalue weighted by Crippen LogP contribution is -2.33. The maximum Gasteiger partial charge on any atom is 0.211 e. The first kappa shape index (κ1) is 15.4. The molecule has 0 bridgehead atoms. The van der Waals surface area contributed by atoms with Gasteiger partial charge in [-0.1, -0.05) is 36.7 Å². The Morgan fingerprint density at radius 1 is 1.29 bits per heavy atom. The van der Waals surface area contributed by atoms with Crippen molar-refractivity contribution in [3.05, 3.63) is 0 Å². The van der Waals surface area contributed by atoms with Crippen LogP contribution in [-0.4, -0.2) is 26.0 Å². The summed E-state index contributed by atoms with van der Waals surface area (Å²) in [6, 6.07) is 0. The molecule has 0 atom stereocenters. The lowest BCUT2D eigenvalue weighted by Gasteiger charge is -2.19. The molecule has 0 aromatic carbocycles. The molecule has 0 aromatic heterocycles. The third-order valence-corrected chi connectivity index (χ3v) is 5.09. The van der Waals surface area contributed by atoms with Crippen molar-refractivity contribution in [2.24, 2.45) is 10.8 Å². The Labute approximate surface area is 114 Å². The second-order valence-corrected chi connectivity index (χ2v) is 9.11. The fourth-order valence-corrected chi connectivity index (χ4v) is 4.06. The van der Waals surface area contributed by atoms with E-state index in [-0.39, 0.29) is 16.6 Å². The van der Waals surface area contributed by atoms with E-state index < -0.39 is 10.0 Å². The molecule has 0 radical (unpaired) electrons. The molecule has 0 spiro atoms. The molecule has 3 nitrogen and oxygen atoms in total. The summed E-state index contributed by atoms with van der Waals surface area (Å²) in [5, 5.41) is 0.955. The monoisotopic (exact) mass is 325 g/mol. The molecule has 1 saturated carbocycles. The van der Waals surface area contributed by atoms with Gasteiger partial charge in [0, 0.05) is 11.9 Å². The summed E-state index contributed by atoms with van der Waals surface area (Å²) in [5.74, 6) is 0.237.